The molecule has 0 bridgehead atoms. The zero-order valence-corrected chi connectivity index (χ0v) is 18.5. The number of nitrogens with one attached hydrogen (secondary N) is 2. The molecule has 0 spiro atoms. The molecule has 2 N–H and O–H groups in total. The quantitative estimate of drug-likeness (QED) is 0.660. The third-order valence-electron chi connectivity index (χ3n) is 5.08. The molecule has 1 aliphatic rings. The number of aryl methyl sites for hydroxylation is 1. The Hall–Kier alpha value is -2.65. The molecule has 9 heteroatoms. The second-order valence-electron chi connectivity index (χ2n) is 8.99. The molecule has 0 atom stereocenters. The number of H-pyrrole nitrogens is 1. The molecule has 4 heterocycles. The van der Waals surface area contributed by atoms with Gasteiger partial charge >= 0.3 is 0 Å². The van der Waals surface area contributed by atoms with Gasteiger partial charge in [-0.3, -0.25) is 9.59 Å². The molecule has 0 saturated carbocycles. The molecular weight excluding hydrogens is 402 g/mol. The van der Waals surface area contributed by atoms with Crippen LogP contribution in [0.3, 0.4) is 0 Å². The van der Waals surface area contributed by atoms with Gasteiger partial charge in [-0.05, 0) is 53.5 Å². The van der Waals surface area contributed by atoms with Crippen LogP contribution in [0.2, 0.25) is 0 Å². The first-order valence-electron chi connectivity index (χ1n) is 9.85. The van der Waals surface area contributed by atoms with E-state index < -0.39 is 0 Å². The van der Waals surface area contributed by atoms with Gasteiger partial charge in [0.2, 0.25) is 5.91 Å². The lowest BCUT2D eigenvalue weighted by Gasteiger charge is -2.44. The summed E-state index contributed by atoms with van der Waals surface area (Å²) in [4.78, 5) is 41.3. The van der Waals surface area contributed by atoms with Crippen molar-refractivity contribution in [3.05, 3.63) is 34.6 Å². The summed E-state index contributed by atoms with van der Waals surface area (Å²) in [5.74, 6) is 0.351. The Morgan fingerprint density at radius 2 is 1.90 bits per heavy atom. The molecule has 0 radical (unpaired) electrons. The second-order valence-corrected chi connectivity index (χ2v) is 10.0. The number of thiazole rings is 1. The van der Waals surface area contributed by atoms with Crippen molar-refractivity contribution >= 4 is 33.4 Å². The van der Waals surface area contributed by atoms with Crippen molar-refractivity contribution < 1.29 is 9.53 Å². The Bertz CT molecular complexity index is 1160. The number of hydrogen-bond acceptors (Lipinski definition) is 7. The number of pyridine rings is 1. The minimum atomic E-state index is -0.350. The van der Waals surface area contributed by atoms with E-state index in [1.165, 1.54) is 11.3 Å². The van der Waals surface area contributed by atoms with Crippen LogP contribution in [0.25, 0.3) is 21.5 Å². The summed E-state index contributed by atoms with van der Waals surface area (Å²) in [6.45, 7) is 9.80. The molecule has 0 aliphatic carbocycles. The first kappa shape index (κ1) is 20.6. The molecule has 0 aromatic carbocycles. The van der Waals surface area contributed by atoms with Crippen LogP contribution in [0.5, 0.6) is 0 Å². The number of aromatic amines is 1. The summed E-state index contributed by atoms with van der Waals surface area (Å²) in [7, 11) is 0. The van der Waals surface area contributed by atoms with Crippen LogP contribution in [0.4, 0.5) is 5.13 Å². The molecule has 3 aromatic rings. The van der Waals surface area contributed by atoms with Crippen LogP contribution in [0.15, 0.2) is 23.3 Å². The van der Waals surface area contributed by atoms with Gasteiger partial charge in [-0.2, -0.15) is 0 Å². The van der Waals surface area contributed by atoms with E-state index in [4.69, 9.17) is 4.74 Å². The fraction of sp³-hybridized carbons (Fsp3) is 0.476. The SMILES string of the molecule is Cc1nc2cc(-c3cnc(NC(=O)C4CC(C)(C)OC(C)(C)C4)s3)cnc2c(=O)[nH]1. The zero-order valence-electron chi connectivity index (χ0n) is 17.7. The van der Waals surface area contributed by atoms with Crippen LogP contribution in [-0.2, 0) is 9.53 Å². The summed E-state index contributed by atoms with van der Waals surface area (Å²) in [6.07, 6.45) is 4.64. The van der Waals surface area contributed by atoms with E-state index in [1.807, 2.05) is 33.8 Å². The largest absolute Gasteiger partial charge is 0.370 e. The fourth-order valence-corrected chi connectivity index (χ4v) is 5.03. The fourth-order valence-electron chi connectivity index (χ4n) is 4.23. The highest BCUT2D eigenvalue weighted by Crippen LogP contribution is 2.39. The van der Waals surface area contributed by atoms with Crippen molar-refractivity contribution in [3.8, 4) is 10.4 Å². The van der Waals surface area contributed by atoms with Gasteiger partial charge in [0.05, 0.1) is 21.6 Å². The molecule has 0 unspecified atom stereocenters. The Morgan fingerprint density at radius 1 is 1.20 bits per heavy atom. The van der Waals surface area contributed by atoms with Crippen LogP contribution >= 0.6 is 11.3 Å². The number of carbonyl (C=O) groups is 1. The first-order valence-corrected chi connectivity index (χ1v) is 10.7. The predicted octanol–water partition coefficient (Wildman–Crippen LogP) is 3.67. The lowest BCUT2D eigenvalue weighted by molar-refractivity contribution is -0.176. The van der Waals surface area contributed by atoms with Gasteiger partial charge in [-0.1, -0.05) is 11.3 Å². The van der Waals surface area contributed by atoms with Crippen molar-refractivity contribution in [2.75, 3.05) is 5.32 Å². The molecule has 1 saturated heterocycles. The maximum Gasteiger partial charge on any atom is 0.277 e. The molecule has 1 fully saturated rings. The topological polar surface area (TPSA) is 110 Å². The second kappa shape index (κ2) is 7.24. The number of anilines is 1. The maximum absolute atomic E-state index is 12.9. The van der Waals surface area contributed by atoms with Gasteiger partial charge in [-0.25, -0.2) is 15.0 Å². The number of rotatable bonds is 3. The average molecular weight is 428 g/mol. The van der Waals surface area contributed by atoms with Crippen LogP contribution in [0.1, 0.15) is 46.4 Å². The van der Waals surface area contributed by atoms with Crippen molar-refractivity contribution in [2.45, 2.75) is 58.7 Å². The molecule has 1 aliphatic heterocycles. The van der Waals surface area contributed by atoms with Gasteiger partial charge in [0, 0.05) is 23.9 Å². The summed E-state index contributed by atoms with van der Waals surface area (Å²) < 4.78 is 6.08. The number of aromatic nitrogens is 4. The average Bonchev–Trinajstić information content (AvgIpc) is 3.07. The Balaban J connectivity index is 1.54. The van der Waals surface area contributed by atoms with Gasteiger partial charge in [0.25, 0.3) is 5.56 Å². The molecule has 8 nitrogen and oxygen atoms in total. The van der Waals surface area contributed by atoms with E-state index in [-0.39, 0.29) is 28.6 Å². The highest BCUT2D eigenvalue weighted by molar-refractivity contribution is 7.19. The summed E-state index contributed by atoms with van der Waals surface area (Å²) >= 11 is 1.37. The zero-order chi connectivity index (χ0) is 21.7. The monoisotopic (exact) mass is 427 g/mol. The molecule has 1 amide bonds. The third kappa shape index (κ3) is 4.27. The highest BCUT2D eigenvalue weighted by atomic mass is 32.1. The van der Waals surface area contributed by atoms with E-state index in [0.29, 0.717) is 34.8 Å². The molecule has 158 valence electrons. The molecule has 4 rings (SSSR count). The van der Waals surface area contributed by atoms with Crippen LogP contribution in [-0.4, -0.2) is 37.0 Å². The van der Waals surface area contributed by atoms with Crippen LogP contribution in [0, 0.1) is 12.8 Å². The Labute approximate surface area is 178 Å². The Kier molecular flexibility index (Phi) is 4.98. The summed E-state index contributed by atoms with van der Waals surface area (Å²) in [5, 5.41) is 3.49. The van der Waals surface area contributed by atoms with Gasteiger partial charge < -0.3 is 15.0 Å². The van der Waals surface area contributed by atoms with Crippen molar-refractivity contribution in [2.24, 2.45) is 5.92 Å². The number of nitrogens with zero attached hydrogens (tertiary/aromatic N) is 3. The van der Waals surface area contributed by atoms with E-state index in [9.17, 15) is 9.59 Å². The number of hydrogen-bond donors (Lipinski definition) is 2. The molecule has 3 aromatic heterocycles. The van der Waals surface area contributed by atoms with Gasteiger partial charge in [-0.15, -0.1) is 0 Å². The molecular formula is C21H25N5O3S. The van der Waals surface area contributed by atoms with E-state index >= 15 is 0 Å². The number of amides is 1. The first-order chi connectivity index (χ1) is 14.0. The van der Waals surface area contributed by atoms with Crippen molar-refractivity contribution in [1.82, 2.24) is 19.9 Å². The standard InChI is InChI=1S/C21H25N5O3S/c1-11-24-14-6-12(9-22-16(14)18(28)25-11)15-10-23-19(30-15)26-17(27)13-7-20(2,3)29-21(4,5)8-13/h6,9-10,13H,7-8H2,1-5H3,(H,23,26,27)(H,24,25,28). The van der Waals surface area contributed by atoms with E-state index in [1.54, 1.807) is 19.3 Å². The Morgan fingerprint density at radius 3 is 2.60 bits per heavy atom. The van der Waals surface area contributed by atoms with Gasteiger partial charge in [0.15, 0.2) is 10.6 Å². The minimum Gasteiger partial charge on any atom is -0.370 e. The summed E-state index contributed by atoms with van der Waals surface area (Å²) in [5.41, 5.74) is 0.663. The number of ether oxygens (including phenoxy) is 1. The maximum atomic E-state index is 12.9. The third-order valence-corrected chi connectivity index (χ3v) is 6.05. The predicted molar refractivity (Wildman–Crippen MR) is 117 cm³/mol. The summed E-state index contributed by atoms with van der Waals surface area (Å²) in [6, 6.07) is 1.81. The lowest BCUT2D eigenvalue weighted by atomic mass is 9.80. The minimum absolute atomic E-state index is 0.0409. The number of fused-ring (bicyclic) bond motifs is 1. The normalized spacial score (nSPS) is 18.4. The van der Waals surface area contributed by atoms with Crippen molar-refractivity contribution in [1.29, 1.82) is 0 Å². The van der Waals surface area contributed by atoms with Gasteiger partial charge in [0.1, 0.15) is 5.82 Å². The highest BCUT2D eigenvalue weighted by Gasteiger charge is 2.42. The lowest BCUT2D eigenvalue weighted by Crippen LogP contribution is -2.48. The molecule has 30 heavy (non-hydrogen) atoms. The smallest absolute Gasteiger partial charge is 0.277 e. The van der Waals surface area contributed by atoms with Crippen LogP contribution < -0.4 is 10.9 Å². The number of carbonyl (C=O) groups excluding carboxylic acids is 1. The van der Waals surface area contributed by atoms with E-state index in [2.05, 4.69) is 25.3 Å². The van der Waals surface area contributed by atoms with E-state index in [0.717, 1.165) is 10.4 Å². The van der Waals surface area contributed by atoms with Crippen molar-refractivity contribution in [3.63, 3.8) is 0 Å².